The summed E-state index contributed by atoms with van der Waals surface area (Å²) < 4.78 is 62.4. The zero-order chi connectivity index (χ0) is 19.5. The van der Waals surface area contributed by atoms with Gasteiger partial charge in [0.2, 0.25) is 15.9 Å². The van der Waals surface area contributed by atoms with Crippen molar-refractivity contribution in [1.82, 2.24) is 4.31 Å². The van der Waals surface area contributed by atoms with Crippen LogP contribution in [0, 0.1) is 5.82 Å². The van der Waals surface area contributed by atoms with Crippen molar-refractivity contribution in [1.29, 1.82) is 0 Å². The first-order valence-electron chi connectivity index (χ1n) is 7.32. The first-order chi connectivity index (χ1) is 12.0. The van der Waals surface area contributed by atoms with Gasteiger partial charge in [0.15, 0.2) is 9.84 Å². The minimum absolute atomic E-state index is 0.0144. The Bertz CT molecular complexity index is 1020. The molecule has 1 amide bonds. The fourth-order valence-corrected chi connectivity index (χ4v) is 3.88. The summed E-state index contributed by atoms with van der Waals surface area (Å²) in [4.78, 5) is 11.9. The standard InChI is InChI=1S/C16H17FN2O5S2/c1-19(26(23,24)12-6-4-3-5-7-12)11-16(20)18-15-10-13(25(2,21)22)8-9-14(15)17/h3-10H,11H2,1-2H3,(H,18,20). The number of carbonyl (C=O) groups is 1. The van der Waals surface area contributed by atoms with Gasteiger partial charge in [-0.25, -0.2) is 21.2 Å². The number of sulfone groups is 1. The number of hydrogen-bond donors (Lipinski definition) is 1. The molecule has 26 heavy (non-hydrogen) atoms. The average Bonchev–Trinajstić information content (AvgIpc) is 2.56. The van der Waals surface area contributed by atoms with E-state index in [-0.39, 0.29) is 15.5 Å². The summed E-state index contributed by atoms with van der Waals surface area (Å²) in [5.74, 6) is -1.64. The molecule has 2 rings (SSSR count). The van der Waals surface area contributed by atoms with E-state index in [1.165, 1.54) is 19.2 Å². The maximum atomic E-state index is 13.8. The number of nitrogens with one attached hydrogen (secondary N) is 1. The molecule has 10 heteroatoms. The highest BCUT2D eigenvalue weighted by molar-refractivity contribution is 7.90. The first kappa shape index (κ1) is 20.0. The van der Waals surface area contributed by atoms with E-state index in [1.54, 1.807) is 18.2 Å². The molecule has 0 radical (unpaired) electrons. The van der Waals surface area contributed by atoms with Gasteiger partial charge >= 0.3 is 0 Å². The van der Waals surface area contributed by atoms with Crippen LogP contribution in [0.3, 0.4) is 0 Å². The number of benzene rings is 2. The number of carbonyl (C=O) groups excluding carboxylic acids is 1. The maximum Gasteiger partial charge on any atom is 0.243 e. The van der Waals surface area contributed by atoms with Crippen LogP contribution in [0.1, 0.15) is 0 Å². The number of sulfonamides is 1. The number of amides is 1. The van der Waals surface area contributed by atoms with Crippen molar-refractivity contribution in [3.05, 3.63) is 54.3 Å². The fraction of sp³-hybridized carbons (Fsp3) is 0.188. The quantitative estimate of drug-likeness (QED) is 0.741. The molecule has 0 aliphatic rings. The third-order valence-corrected chi connectivity index (χ3v) is 6.39. The van der Waals surface area contributed by atoms with Crippen LogP contribution in [0.2, 0.25) is 0 Å². The third kappa shape index (κ3) is 4.65. The molecule has 0 aromatic heterocycles. The Hall–Kier alpha value is -2.30. The second-order valence-corrected chi connectivity index (χ2v) is 9.60. The minimum Gasteiger partial charge on any atom is -0.322 e. The van der Waals surface area contributed by atoms with Gasteiger partial charge in [-0.3, -0.25) is 4.79 Å². The highest BCUT2D eigenvalue weighted by Gasteiger charge is 2.23. The lowest BCUT2D eigenvalue weighted by molar-refractivity contribution is -0.116. The van der Waals surface area contributed by atoms with Gasteiger partial charge in [-0.05, 0) is 30.3 Å². The van der Waals surface area contributed by atoms with E-state index < -0.39 is 38.1 Å². The molecular weight excluding hydrogens is 383 g/mol. The summed E-state index contributed by atoms with van der Waals surface area (Å²) in [6.45, 7) is -0.570. The van der Waals surface area contributed by atoms with Crippen molar-refractivity contribution in [3.8, 4) is 0 Å². The maximum absolute atomic E-state index is 13.8. The number of rotatable bonds is 6. The van der Waals surface area contributed by atoms with Crippen LogP contribution in [0.15, 0.2) is 58.3 Å². The summed E-state index contributed by atoms with van der Waals surface area (Å²) in [5, 5.41) is 2.19. The van der Waals surface area contributed by atoms with E-state index in [1.807, 2.05) is 0 Å². The molecule has 0 fully saturated rings. The Kier molecular flexibility index (Phi) is 5.79. The molecule has 0 aliphatic heterocycles. The third-order valence-electron chi connectivity index (χ3n) is 3.46. The normalized spacial score (nSPS) is 12.2. The van der Waals surface area contributed by atoms with Crippen LogP contribution in [-0.2, 0) is 24.7 Å². The van der Waals surface area contributed by atoms with Crippen LogP contribution in [-0.4, -0.2) is 46.9 Å². The number of hydrogen-bond acceptors (Lipinski definition) is 5. The predicted octanol–water partition coefficient (Wildman–Crippen LogP) is 1.49. The molecule has 0 atom stereocenters. The smallest absolute Gasteiger partial charge is 0.243 e. The summed E-state index contributed by atoms with van der Waals surface area (Å²) in [7, 11) is -6.26. The zero-order valence-electron chi connectivity index (χ0n) is 14.0. The summed E-state index contributed by atoms with van der Waals surface area (Å²) >= 11 is 0. The average molecular weight is 400 g/mol. The van der Waals surface area contributed by atoms with Crippen LogP contribution < -0.4 is 5.32 Å². The number of likely N-dealkylation sites (N-methyl/N-ethyl adjacent to an activating group) is 1. The van der Waals surface area contributed by atoms with Crippen molar-refractivity contribution >= 4 is 31.5 Å². The van der Waals surface area contributed by atoms with E-state index in [0.29, 0.717) is 0 Å². The van der Waals surface area contributed by atoms with Gasteiger partial charge < -0.3 is 5.32 Å². The van der Waals surface area contributed by atoms with Crippen LogP contribution in [0.5, 0.6) is 0 Å². The van der Waals surface area contributed by atoms with Gasteiger partial charge in [0.05, 0.1) is 22.0 Å². The molecule has 2 aromatic rings. The molecule has 0 spiro atoms. The van der Waals surface area contributed by atoms with Crippen molar-refractivity contribution in [2.75, 3.05) is 25.2 Å². The molecule has 7 nitrogen and oxygen atoms in total. The lowest BCUT2D eigenvalue weighted by atomic mass is 10.3. The van der Waals surface area contributed by atoms with Gasteiger partial charge in [-0.2, -0.15) is 4.31 Å². The molecule has 0 heterocycles. The highest BCUT2D eigenvalue weighted by atomic mass is 32.2. The minimum atomic E-state index is -3.88. The van der Waals surface area contributed by atoms with Gasteiger partial charge in [0, 0.05) is 13.3 Å². The number of halogens is 1. The highest BCUT2D eigenvalue weighted by Crippen LogP contribution is 2.20. The van der Waals surface area contributed by atoms with Crippen molar-refractivity contribution in [3.63, 3.8) is 0 Å². The fourth-order valence-electron chi connectivity index (χ4n) is 2.08. The Labute approximate surface area is 151 Å². The van der Waals surface area contributed by atoms with Crippen molar-refractivity contribution in [2.45, 2.75) is 9.79 Å². The van der Waals surface area contributed by atoms with Crippen molar-refractivity contribution < 1.29 is 26.0 Å². The van der Waals surface area contributed by atoms with Gasteiger partial charge in [-0.15, -0.1) is 0 Å². The number of nitrogens with zero attached hydrogens (tertiary/aromatic N) is 1. The Balaban J connectivity index is 2.17. The molecule has 2 aromatic carbocycles. The van der Waals surface area contributed by atoms with Gasteiger partial charge in [-0.1, -0.05) is 18.2 Å². The second kappa shape index (κ2) is 7.52. The summed E-state index contributed by atoms with van der Waals surface area (Å²) in [6, 6.07) is 10.5. The molecule has 1 N–H and O–H groups in total. The molecule has 0 unspecified atom stereocenters. The van der Waals surface area contributed by atoms with Crippen LogP contribution in [0.4, 0.5) is 10.1 Å². The molecule has 0 aliphatic carbocycles. The van der Waals surface area contributed by atoms with E-state index in [2.05, 4.69) is 5.32 Å². The summed E-state index contributed by atoms with van der Waals surface area (Å²) in [5.41, 5.74) is -0.344. The van der Waals surface area contributed by atoms with E-state index in [9.17, 15) is 26.0 Å². The van der Waals surface area contributed by atoms with E-state index in [4.69, 9.17) is 0 Å². The molecule has 0 bridgehead atoms. The van der Waals surface area contributed by atoms with E-state index >= 15 is 0 Å². The SMILES string of the molecule is CN(CC(=O)Nc1cc(S(C)(=O)=O)ccc1F)S(=O)(=O)c1ccccc1. The predicted molar refractivity (Wildman–Crippen MR) is 94.4 cm³/mol. The van der Waals surface area contributed by atoms with E-state index in [0.717, 1.165) is 28.8 Å². The van der Waals surface area contributed by atoms with Crippen LogP contribution in [0.25, 0.3) is 0 Å². The Morgan fingerprint density at radius 1 is 1.04 bits per heavy atom. The van der Waals surface area contributed by atoms with Gasteiger partial charge in [0.25, 0.3) is 0 Å². The molecule has 140 valence electrons. The molecular formula is C16H17FN2O5S2. The monoisotopic (exact) mass is 400 g/mol. The lowest BCUT2D eigenvalue weighted by Crippen LogP contribution is -2.35. The molecule has 0 saturated carbocycles. The first-order valence-corrected chi connectivity index (χ1v) is 10.7. The largest absolute Gasteiger partial charge is 0.322 e. The lowest BCUT2D eigenvalue weighted by Gasteiger charge is -2.17. The summed E-state index contributed by atoms with van der Waals surface area (Å²) in [6.07, 6.45) is 0.950. The van der Waals surface area contributed by atoms with Crippen molar-refractivity contribution in [2.24, 2.45) is 0 Å². The topological polar surface area (TPSA) is 101 Å². The second-order valence-electron chi connectivity index (χ2n) is 5.54. The Morgan fingerprint density at radius 2 is 1.65 bits per heavy atom. The molecule has 0 saturated heterocycles. The van der Waals surface area contributed by atoms with Gasteiger partial charge in [0.1, 0.15) is 5.82 Å². The number of anilines is 1. The Morgan fingerprint density at radius 3 is 2.23 bits per heavy atom. The van der Waals surface area contributed by atoms with Crippen LogP contribution >= 0.6 is 0 Å². The zero-order valence-corrected chi connectivity index (χ0v) is 15.6.